The molecule has 0 aromatic heterocycles. The van der Waals surface area contributed by atoms with E-state index in [1.807, 2.05) is 0 Å². The first kappa shape index (κ1) is 18.1. The number of benzene rings is 1. The van der Waals surface area contributed by atoms with E-state index in [9.17, 15) is 9.18 Å². The van der Waals surface area contributed by atoms with Gasteiger partial charge < -0.3 is 10.4 Å². The molecule has 0 spiro atoms. The van der Waals surface area contributed by atoms with Gasteiger partial charge in [0, 0.05) is 5.69 Å². The summed E-state index contributed by atoms with van der Waals surface area (Å²) in [4.78, 5) is 10.1. The zero-order valence-electron chi connectivity index (χ0n) is 6.25. The third-order valence-electron chi connectivity index (χ3n) is 1.29. The first-order valence-corrected chi connectivity index (χ1v) is 3.40. The van der Waals surface area contributed by atoms with E-state index in [0.29, 0.717) is 5.69 Å². The van der Waals surface area contributed by atoms with Gasteiger partial charge in [-0.25, -0.2) is 4.39 Å². The average Bonchev–Trinajstić information content (AvgIpc) is 2.03. The molecule has 1 aromatic rings. The number of anilines is 1. The predicted octanol–water partition coefficient (Wildman–Crippen LogP) is 0.0252. The van der Waals surface area contributed by atoms with Crippen LogP contribution >= 0.6 is 0 Å². The van der Waals surface area contributed by atoms with E-state index >= 15 is 0 Å². The number of carboxylic acid groups (broad SMARTS) is 1. The molecule has 0 aliphatic rings. The average molecular weight is 249 g/mol. The summed E-state index contributed by atoms with van der Waals surface area (Å²) in [5.74, 6) is -1.28. The van der Waals surface area contributed by atoms with E-state index < -0.39 is 5.97 Å². The molecule has 68 valence electrons. The fourth-order valence-corrected chi connectivity index (χ4v) is 0.745. The van der Waals surface area contributed by atoms with Gasteiger partial charge in [-0.2, -0.15) is 0 Å². The third kappa shape index (κ3) is 7.92. The molecule has 0 amide bonds. The van der Waals surface area contributed by atoms with Crippen LogP contribution in [-0.2, 0) is 4.79 Å². The van der Waals surface area contributed by atoms with Crippen molar-refractivity contribution >= 4 is 114 Å². The van der Waals surface area contributed by atoms with Crippen LogP contribution in [0, 0.1) is 5.82 Å². The Hall–Kier alpha value is 1.69. The van der Waals surface area contributed by atoms with Gasteiger partial charge in [0.15, 0.2) is 0 Å². The van der Waals surface area contributed by atoms with Crippen molar-refractivity contribution in [1.82, 2.24) is 0 Å². The van der Waals surface area contributed by atoms with Crippen molar-refractivity contribution in [3.8, 4) is 0 Å². The Kier molecular flexibility index (Phi) is 12.8. The molecule has 0 heterocycles. The molecule has 3 nitrogen and oxygen atoms in total. The van der Waals surface area contributed by atoms with E-state index in [1.165, 1.54) is 24.3 Å². The van der Waals surface area contributed by atoms with Gasteiger partial charge in [0.05, 0.1) is 0 Å². The van der Waals surface area contributed by atoms with Crippen molar-refractivity contribution in [1.29, 1.82) is 0 Å². The van der Waals surface area contributed by atoms with E-state index in [1.54, 1.807) is 0 Å². The fraction of sp³-hybridized carbons (Fsp3) is 0.125. The number of carbonyl (C=O) groups is 1. The van der Waals surface area contributed by atoms with Gasteiger partial charge in [-0.05, 0) is 24.3 Å². The Bertz CT molecular complexity index is 279. The monoisotopic (exact) mass is 249 g/mol. The topological polar surface area (TPSA) is 49.3 Å². The first-order valence-electron chi connectivity index (χ1n) is 3.40. The van der Waals surface area contributed by atoms with Crippen molar-refractivity contribution < 1.29 is 14.3 Å². The zero-order valence-corrected chi connectivity index (χ0v) is 6.25. The number of carboxylic acids is 1. The number of hydrogen-bond donors (Lipinski definition) is 2. The van der Waals surface area contributed by atoms with Crippen molar-refractivity contribution in [3.05, 3.63) is 30.1 Å². The van der Waals surface area contributed by atoms with Crippen molar-refractivity contribution in [2.45, 2.75) is 0 Å². The standard InChI is InChI=1S/C8H8FNO2.2K.2H/c9-6-1-3-7(4-2-6)10-5-8(11)12;;;;/h1-4,10H,5H2,(H,11,12);;;;. The van der Waals surface area contributed by atoms with Crippen LogP contribution in [0.1, 0.15) is 0 Å². The first-order chi connectivity index (χ1) is 5.68. The predicted molar refractivity (Wildman–Crippen MR) is 56.8 cm³/mol. The molecular formula is C8H10FK2NO2. The maximum atomic E-state index is 12.3. The molecule has 0 aliphatic carbocycles. The molecule has 0 saturated heterocycles. The quantitative estimate of drug-likeness (QED) is 0.743. The molecule has 1 aromatic carbocycles. The summed E-state index contributed by atoms with van der Waals surface area (Å²) < 4.78 is 12.3. The van der Waals surface area contributed by atoms with E-state index in [-0.39, 0.29) is 115 Å². The van der Waals surface area contributed by atoms with Crippen LogP contribution in [0.25, 0.3) is 0 Å². The Labute approximate surface area is 167 Å². The SMILES string of the molecule is O=C(O)CNc1ccc(F)cc1.[KH].[KH]. The van der Waals surface area contributed by atoms with E-state index in [2.05, 4.69) is 5.32 Å². The maximum absolute atomic E-state index is 12.3. The van der Waals surface area contributed by atoms with Gasteiger partial charge in [-0.3, -0.25) is 4.79 Å². The van der Waals surface area contributed by atoms with Gasteiger partial charge in [-0.15, -0.1) is 0 Å². The van der Waals surface area contributed by atoms with Crippen molar-refractivity contribution in [3.63, 3.8) is 0 Å². The molecule has 14 heavy (non-hydrogen) atoms. The van der Waals surface area contributed by atoms with Crippen LogP contribution in [-0.4, -0.2) is 120 Å². The molecule has 0 bridgehead atoms. The summed E-state index contributed by atoms with van der Waals surface area (Å²) in [5.41, 5.74) is 0.596. The van der Waals surface area contributed by atoms with Crippen molar-refractivity contribution in [2.75, 3.05) is 11.9 Å². The molecule has 0 atom stereocenters. The van der Waals surface area contributed by atoms with Crippen LogP contribution in [0.15, 0.2) is 24.3 Å². The van der Waals surface area contributed by atoms with Gasteiger partial charge in [0.25, 0.3) is 0 Å². The van der Waals surface area contributed by atoms with Crippen LogP contribution < -0.4 is 5.32 Å². The van der Waals surface area contributed by atoms with Crippen LogP contribution in [0.4, 0.5) is 10.1 Å². The molecule has 1 rings (SSSR count). The van der Waals surface area contributed by atoms with Crippen LogP contribution in [0.5, 0.6) is 0 Å². The number of hydrogen-bond acceptors (Lipinski definition) is 2. The summed E-state index contributed by atoms with van der Waals surface area (Å²) in [6.07, 6.45) is 0. The fourth-order valence-electron chi connectivity index (χ4n) is 0.745. The van der Waals surface area contributed by atoms with Crippen LogP contribution in [0.3, 0.4) is 0 Å². The van der Waals surface area contributed by atoms with Crippen LogP contribution in [0.2, 0.25) is 0 Å². The van der Waals surface area contributed by atoms with Gasteiger partial charge in [0.1, 0.15) is 12.4 Å². The molecule has 2 N–H and O–H groups in total. The van der Waals surface area contributed by atoms with Gasteiger partial charge >= 0.3 is 109 Å². The summed E-state index contributed by atoms with van der Waals surface area (Å²) in [6.45, 7) is -0.161. The zero-order chi connectivity index (χ0) is 8.97. The Morgan fingerprint density at radius 3 is 2.21 bits per heavy atom. The molecule has 0 aliphatic heterocycles. The number of aliphatic carboxylic acids is 1. The van der Waals surface area contributed by atoms with E-state index in [4.69, 9.17) is 5.11 Å². The Morgan fingerprint density at radius 2 is 1.79 bits per heavy atom. The second-order valence-electron chi connectivity index (χ2n) is 2.25. The molecule has 0 unspecified atom stereocenters. The molecule has 0 saturated carbocycles. The molecule has 6 heteroatoms. The van der Waals surface area contributed by atoms with Gasteiger partial charge in [-0.1, -0.05) is 0 Å². The Morgan fingerprint density at radius 1 is 1.29 bits per heavy atom. The second kappa shape index (κ2) is 9.89. The Balaban J connectivity index is 0. The molecule has 0 fully saturated rings. The molecular weight excluding hydrogens is 239 g/mol. The number of halogens is 1. The van der Waals surface area contributed by atoms with Crippen molar-refractivity contribution in [2.24, 2.45) is 0 Å². The summed E-state index contributed by atoms with van der Waals surface area (Å²) in [5, 5.41) is 10.9. The third-order valence-corrected chi connectivity index (χ3v) is 1.29. The minimum absolute atomic E-state index is 0. The summed E-state index contributed by atoms with van der Waals surface area (Å²) in [7, 11) is 0. The molecule has 0 radical (unpaired) electrons. The summed E-state index contributed by atoms with van der Waals surface area (Å²) >= 11 is 0. The van der Waals surface area contributed by atoms with E-state index in [0.717, 1.165) is 0 Å². The summed E-state index contributed by atoms with van der Waals surface area (Å²) in [6, 6.07) is 5.50. The second-order valence-corrected chi connectivity index (χ2v) is 2.25. The minimum atomic E-state index is -0.945. The number of rotatable bonds is 3. The normalized spacial score (nSPS) is 8.07. The number of nitrogens with one attached hydrogen (secondary N) is 1. The van der Waals surface area contributed by atoms with Gasteiger partial charge in [0.2, 0.25) is 0 Å².